The van der Waals surface area contributed by atoms with Gasteiger partial charge in [0, 0.05) is 39.0 Å². The number of likely N-dealkylation sites (N-methyl/N-ethyl adjacent to an activating group) is 1. The fourth-order valence-electron chi connectivity index (χ4n) is 3.71. The van der Waals surface area contributed by atoms with Gasteiger partial charge in [0.15, 0.2) is 5.76 Å². The van der Waals surface area contributed by atoms with Crippen LogP contribution in [0.2, 0.25) is 0 Å². The highest BCUT2D eigenvalue weighted by Crippen LogP contribution is 2.33. The van der Waals surface area contributed by atoms with Crippen LogP contribution in [0.1, 0.15) is 35.6 Å². The molecule has 1 atom stereocenters. The summed E-state index contributed by atoms with van der Waals surface area (Å²) in [5.74, 6) is 0.907. The number of aromatic nitrogens is 2. The van der Waals surface area contributed by atoms with Gasteiger partial charge in [0.1, 0.15) is 11.4 Å². The van der Waals surface area contributed by atoms with Crippen molar-refractivity contribution < 1.29 is 18.7 Å². The second-order valence-electron chi connectivity index (χ2n) is 7.02. The molecule has 1 spiro atoms. The van der Waals surface area contributed by atoms with Crippen LogP contribution in [0.25, 0.3) is 0 Å². The standard InChI is InChI=1S/C18H22N4O4/c1-20-13-18(26-17(20)24)6-2-9-21(11-7-18)16(23)15-5-4-14(25-15)12-22-10-3-8-19-22/h3-5,8,10H,2,6-7,9,11-13H2,1H3. The molecule has 138 valence electrons. The number of carbonyl (C=O) groups excluding carboxylic acids is 2. The van der Waals surface area contributed by atoms with Gasteiger partial charge in [-0.05, 0) is 31.0 Å². The first kappa shape index (κ1) is 16.7. The molecule has 4 heterocycles. The van der Waals surface area contributed by atoms with Gasteiger partial charge in [-0.25, -0.2) is 4.79 Å². The van der Waals surface area contributed by atoms with Gasteiger partial charge in [-0.2, -0.15) is 5.10 Å². The minimum Gasteiger partial charge on any atom is -0.454 e. The Bertz CT molecular complexity index is 800. The van der Waals surface area contributed by atoms with E-state index in [0.29, 0.717) is 44.1 Å². The van der Waals surface area contributed by atoms with Crippen molar-refractivity contribution in [3.8, 4) is 0 Å². The zero-order valence-electron chi connectivity index (χ0n) is 14.8. The molecule has 2 aliphatic rings. The van der Waals surface area contributed by atoms with Gasteiger partial charge in [0.05, 0.1) is 13.1 Å². The van der Waals surface area contributed by atoms with Crippen LogP contribution < -0.4 is 0 Å². The molecule has 0 aromatic carbocycles. The largest absolute Gasteiger partial charge is 0.454 e. The highest BCUT2D eigenvalue weighted by atomic mass is 16.6. The minimum atomic E-state index is -0.463. The predicted octanol–water partition coefficient (Wildman–Crippen LogP) is 1.97. The van der Waals surface area contributed by atoms with Crippen molar-refractivity contribution in [1.29, 1.82) is 0 Å². The summed E-state index contributed by atoms with van der Waals surface area (Å²) in [6.45, 7) is 2.26. The first-order chi connectivity index (χ1) is 12.5. The number of nitrogens with zero attached hydrogens (tertiary/aromatic N) is 4. The second kappa shape index (κ2) is 6.51. The maximum absolute atomic E-state index is 12.8. The molecule has 2 amide bonds. The fraction of sp³-hybridized carbons (Fsp3) is 0.500. The summed E-state index contributed by atoms with van der Waals surface area (Å²) in [4.78, 5) is 27.9. The molecule has 0 radical (unpaired) electrons. The molecule has 0 bridgehead atoms. The number of hydrogen-bond acceptors (Lipinski definition) is 5. The van der Waals surface area contributed by atoms with Crippen LogP contribution in [-0.2, 0) is 11.3 Å². The fourth-order valence-corrected chi connectivity index (χ4v) is 3.71. The maximum Gasteiger partial charge on any atom is 0.410 e. The Balaban J connectivity index is 1.41. The molecular formula is C18H22N4O4. The smallest absolute Gasteiger partial charge is 0.410 e. The van der Waals surface area contributed by atoms with Gasteiger partial charge in [-0.3, -0.25) is 9.48 Å². The number of rotatable bonds is 3. The summed E-state index contributed by atoms with van der Waals surface area (Å²) in [5, 5.41) is 4.14. The zero-order chi connectivity index (χ0) is 18.1. The molecule has 4 rings (SSSR count). The van der Waals surface area contributed by atoms with Gasteiger partial charge in [0.25, 0.3) is 5.91 Å². The van der Waals surface area contributed by atoms with Crippen LogP contribution in [-0.4, -0.2) is 63.9 Å². The topological polar surface area (TPSA) is 80.8 Å². The summed E-state index contributed by atoms with van der Waals surface area (Å²) in [6.07, 6.45) is 5.49. The number of amides is 2. The van der Waals surface area contributed by atoms with Crippen molar-refractivity contribution >= 4 is 12.0 Å². The van der Waals surface area contributed by atoms with E-state index in [9.17, 15) is 9.59 Å². The van der Waals surface area contributed by atoms with E-state index in [0.717, 1.165) is 12.8 Å². The van der Waals surface area contributed by atoms with Gasteiger partial charge in [-0.1, -0.05) is 0 Å². The third kappa shape index (κ3) is 3.18. The Morgan fingerprint density at radius 3 is 2.92 bits per heavy atom. The monoisotopic (exact) mass is 358 g/mol. The number of likely N-dealkylation sites (tertiary alicyclic amines) is 1. The lowest BCUT2D eigenvalue weighted by Crippen LogP contribution is -2.36. The van der Waals surface area contributed by atoms with Crippen LogP contribution in [0.5, 0.6) is 0 Å². The summed E-state index contributed by atoms with van der Waals surface area (Å²) in [6, 6.07) is 5.36. The molecule has 8 heteroatoms. The van der Waals surface area contributed by atoms with Crippen molar-refractivity contribution in [3.05, 3.63) is 42.1 Å². The minimum absolute atomic E-state index is 0.119. The van der Waals surface area contributed by atoms with E-state index in [-0.39, 0.29) is 12.0 Å². The lowest BCUT2D eigenvalue weighted by atomic mass is 9.95. The Labute approximate surface area is 151 Å². The summed E-state index contributed by atoms with van der Waals surface area (Å²) in [5.41, 5.74) is -0.463. The van der Waals surface area contributed by atoms with Crippen LogP contribution >= 0.6 is 0 Å². The van der Waals surface area contributed by atoms with Crippen LogP contribution in [0.15, 0.2) is 35.0 Å². The summed E-state index contributed by atoms with van der Waals surface area (Å²) >= 11 is 0. The molecule has 1 unspecified atom stereocenters. The van der Waals surface area contributed by atoms with Crippen molar-refractivity contribution in [3.63, 3.8) is 0 Å². The third-order valence-corrected chi connectivity index (χ3v) is 5.08. The number of hydrogen-bond donors (Lipinski definition) is 0. The van der Waals surface area contributed by atoms with E-state index in [2.05, 4.69) is 5.10 Å². The van der Waals surface area contributed by atoms with Gasteiger partial charge in [-0.15, -0.1) is 0 Å². The van der Waals surface area contributed by atoms with E-state index in [1.165, 1.54) is 0 Å². The quantitative estimate of drug-likeness (QED) is 0.838. The molecule has 8 nitrogen and oxygen atoms in total. The highest BCUT2D eigenvalue weighted by molar-refractivity contribution is 5.91. The highest BCUT2D eigenvalue weighted by Gasteiger charge is 2.44. The summed E-state index contributed by atoms with van der Waals surface area (Å²) in [7, 11) is 1.74. The molecule has 0 aliphatic carbocycles. The van der Waals surface area contributed by atoms with E-state index in [1.54, 1.807) is 33.8 Å². The molecule has 2 fully saturated rings. The SMILES string of the molecule is CN1CC2(CCCN(C(=O)c3ccc(Cn4cccn4)o3)CC2)OC1=O. The Morgan fingerprint density at radius 1 is 1.31 bits per heavy atom. The van der Waals surface area contributed by atoms with Crippen molar-refractivity contribution in [2.75, 3.05) is 26.7 Å². The maximum atomic E-state index is 12.8. The zero-order valence-corrected chi connectivity index (χ0v) is 14.8. The van der Waals surface area contributed by atoms with E-state index < -0.39 is 5.60 Å². The van der Waals surface area contributed by atoms with Crippen molar-refractivity contribution in [2.24, 2.45) is 0 Å². The van der Waals surface area contributed by atoms with Crippen molar-refractivity contribution in [1.82, 2.24) is 19.6 Å². The molecule has 0 saturated carbocycles. The number of carbonyl (C=O) groups is 2. The number of furan rings is 1. The lowest BCUT2D eigenvalue weighted by molar-refractivity contribution is 0.0435. The van der Waals surface area contributed by atoms with E-state index >= 15 is 0 Å². The van der Waals surface area contributed by atoms with Crippen LogP contribution in [0, 0.1) is 0 Å². The lowest BCUT2D eigenvalue weighted by Gasteiger charge is -2.25. The molecule has 2 aromatic heterocycles. The molecule has 26 heavy (non-hydrogen) atoms. The Kier molecular flexibility index (Phi) is 4.18. The number of ether oxygens (including phenoxy) is 1. The molecule has 2 aromatic rings. The van der Waals surface area contributed by atoms with Crippen LogP contribution in [0.4, 0.5) is 4.79 Å². The predicted molar refractivity (Wildman–Crippen MR) is 91.6 cm³/mol. The molecular weight excluding hydrogens is 336 g/mol. The van der Waals surface area contributed by atoms with Crippen molar-refractivity contribution in [2.45, 2.75) is 31.4 Å². The first-order valence-electron chi connectivity index (χ1n) is 8.84. The molecule has 2 saturated heterocycles. The average molecular weight is 358 g/mol. The van der Waals surface area contributed by atoms with Gasteiger partial charge >= 0.3 is 6.09 Å². The van der Waals surface area contributed by atoms with E-state index in [4.69, 9.17) is 9.15 Å². The third-order valence-electron chi connectivity index (χ3n) is 5.08. The summed E-state index contributed by atoms with van der Waals surface area (Å²) < 4.78 is 13.1. The second-order valence-corrected chi connectivity index (χ2v) is 7.02. The average Bonchev–Trinajstić information content (AvgIpc) is 3.31. The van der Waals surface area contributed by atoms with Crippen LogP contribution in [0.3, 0.4) is 0 Å². The van der Waals surface area contributed by atoms with Gasteiger partial charge in [0.2, 0.25) is 0 Å². The molecule has 0 N–H and O–H groups in total. The first-order valence-corrected chi connectivity index (χ1v) is 8.84. The van der Waals surface area contributed by atoms with Gasteiger partial charge < -0.3 is 19.0 Å². The van der Waals surface area contributed by atoms with E-state index in [1.807, 2.05) is 18.3 Å². The molecule has 2 aliphatic heterocycles. The Morgan fingerprint density at radius 2 is 2.19 bits per heavy atom. The Hall–Kier alpha value is -2.77. The normalized spacial score (nSPS) is 23.3.